The first-order valence-electron chi connectivity index (χ1n) is 12.7. The minimum Gasteiger partial charge on any atom is -0.469 e. The molecule has 0 fully saturated rings. The summed E-state index contributed by atoms with van der Waals surface area (Å²) in [5.74, 6) is -2.54. The molecule has 0 atom stereocenters. The summed E-state index contributed by atoms with van der Waals surface area (Å²) in [6, 6.07) is 0. The highest BCUT2D eigenvalue weighted by Gasteiger charge is 2.29. The number of hydrogen-bond acceptors (Lipinski definition) is 10. The Hall–Kier alpha value is -4.09. The summed E-state index contributed by atoms with van der Waals surface area (Å²) in [5, 5.41) is 0. The Labute approximate surface area is 233 Å². The number of carbonyl (C=O) groups is 5. The van der Waals surface area contributed by atoms with Crippen LogP contribution >= 0.6 is 0 Å². The molecule has 0 aliphatic heterocycles. The van der Waals surface area contributed by atoms with Crippen LogP contribution in [0.25, 0.3) is 0 Å². The molecule has 220 valence electrons. The lowest BCUT2D eigenvalue weighted by atomic mass is 9.96. The van der Waals surface area contributed by atoms with Crippen LogP contribution in [0, 0.1) is 0 Å². The average Bonchev–Trinajstić information content (AvgIpc) is 3.44. The third-order valence-electron chi connectivity index (χ3n) is 6.16. The van der Waals surface area contributed by atoms with Crippen LogP contribution in [0.5, 0.6) is 0 Å². The summed E-state index contributed by atoms with van der Waals surface area (Å²) in [6.07, 6.45) is 2.08. The summed E-state index contributed by atoms with van der Waals surface area (Å²) in [4.78, 5) is 67.8. The van der Waals surface area contributed by atoms with E-state index in [-0.39, 0.29) is 50.6 Å². The summed E-state index contributed by atoms with van der Waals surface area (Å²) in [6.45, 7) is 5.19. The van der Waals surface area contributed by atoms with Gasteiger partial charge in [0, 0.05) is 36.8 Å². The van der Waals surface area contributed by atoms with Gasteiger partial charge in [-0.25, -0.2) is 4.79 Å². The van der Waals surface area contributed by atoms with Crippen molar-refractivity contribution in [3.8, 4) is 0 Å². The topological polar surface area (TPSA) is 163 Å². The maximum absolute atomic E-state index is 13.2. The van der Waals surface area contributed by atoms with Crippen molar-refractivity contribution in [1.82, 2.24) is 9.97 Å². The normalized spacial score (nSPS) is 11.1. The van der Waals surface area contributed by atoms with E-state index in [1.165, 1.54) is 28.4 Å². The quantitative estimate of drug-likeness (QED) is 0.274. The fourth-order valence-corrected chi connectivity index (χ4v) is 4.23. The number of carbonyl (C=O) groups excluding carboxylic acids is 5. The molecule has 2 heterocycles. The highest BCUT2D eigenvalue weighted by Crippen LogP contribution is 2.28. The van der Waals surface area contributed by atoms with Gasteiger partial charge in [-0.15, -0.1) is 0 Å². The lowest BCUT2D eigenvalue weighted by Gasteiger charge is -2.19. The first-order chi connectivity index (χ1) is 18.8. The molecule has 0 bridgehead atoms. The SMILES string of the molecule is COC(=O)CCc1c(CC(=O)OC)c[nH]c1Cc1[nH]c(C(=O)OC(C)(C)C)c(CCC(=O)OC)c1CC(=O)OC. The third-order valence-corrected chi connectivity index (χ3v) is 6.16. The fourth-order valence-electron chi connectivity index (χ4n) is 4.23. The third kappa shape index (κ3) is 8.99. The van der Waals surface area contributed by atoms with E-state index < -0.39 is 35.4 Å². The molecule has 12 nitrogen and oxygen atoms in total. The first-order valence-corrected chi connectivity index (χ1v) is 12.7. The molecule has 0 aromatic carbocycles. The van der Waals surface area contributed by atoms with Crippen LogP contribution in [0.4, 0.5) is 0 Å². The maximum Gasteiger partial charge on any atom is 0.355 e. The molecule has 0 aliphatic carbocycles. The molecule has 0 spiro atoms. The number of ether oxygens (including phenoxy) is 5. The smallest absolute Gasteiger partial charge is 0.355 e. The van der Waals surface area contributed by atoms with Crippen molar-refractivity contribution < 1.29 is 47.7 Å². The van der Waals surface area contributed by atoms with Crippen LogP contribution < -0.4 is 0 Å². The fraction of sp³-hybridized carbons (Fsp3) is 0.536. The largest absolute Gasteiger partial charge is 0.469 e. The van der Waals surface area contributed by atoms with E-state index in [1.807, 2.05) is 0 Å². The van der Waals surface area contributed by atoms with E-state index in [0.29, 0.717) is 33.6 Å². The predicted molar refractivity (Wildman–Crippen MR) is 142 cm³/mol. The zero-order chi connectivity index (χ0) is 30.0. The summed E-state index contributed by atoms with van der Waals surface area (Å²) >= 11 is 0. The number of nitrogens with one attached hydrogen (secondary N) is 2. The molecule has 0 saturated carbocycles. The van der Waals surface area contributed by atoms with Gasteiger partial charge in [0.25, 0.3) is 0 Å². The number of methoxy groups -OCH3 is 4. The monoisotopic (exact) mass is 562 g/mol. The second-order valence-corrected chi connectivity index (χ2v) is 10.0. The zero-order valence-corrected chi connectivity index (χ0v) is 24.1. The standard InChI is InChI=1S/C28H38N2O10/c1-28(2,3)40-27(35)26-18(9-11-23(32)37-5)19(13-25(34)39-7)21(30-26)14-20-17(8-10-22(31)36-4)16(15-29-20)12-24(33)38-6/h15,29-30H,8-14H2,1-7H3. The molecule has 12 heteroatoms. The molecule has 0 amide bonds. The Kier molecular flexibility index (Phi) is 11.5. The van der Waals surface area contributed by atoms with Gasteiger partial charge in [0.2, 0.25) is 0 Å². The highest BCUT2D eigenvalue weighted by atomic mass is 16.6. The molecule has 0 unspecified atom stereocenters. The van der Waals surface area contributed by atoms with Crippen LogP contribution in [-0.4, -0.2) is 73.9 Å². The van der Waals surface area contributed by atoms with Crippen LogP contribution in [0.3, 0.4) is 0 Å². The van der Waals surface area contributed by atoms with Gasteiger partial charge in [-0.3, -0.25) is 19.2 Å². The second-order valence-electron chi connectivity index (χ2n) is 10.0. The highest BCUT2D eigenvalue weighted by molar-refractivity contribution is 5.91. The number of H-pyrrole nitrogens is 2. The van der Waals surface area contributed by atoms with Crippen LogP contribution in [0.15, 0.2) is 6.20 Å². The Morgan fingerprint density at radius 1 is 0.700 bits per heavy atom. The van der Waals surface area contributed by atoms with Gasteiger partial charge in [0.1, 0.15) is 11.3 Å². The number of aromatic amines is 2. The van der Waals surface area contributed by atoms with Gasteiger partial charge in [-0.2, -0.15) is 0 Å². The molecule has 0 saturated heterocycles. The number of rotatable bonds is 13. The van der Waals surface area contributed by atoms with Gasteiger partial charge in [-0.05, 0) is 55.9 Å². The lowest BCUT2D eigenvalue weighted by Crippen LogP contribution is -2.25. The maximum atomic E-state index is 13.2. The molecular weight excluding hydrogens is 524 g/mol. The van der Waals surface area contributed by atoms with E-state index in [4.69, 9.17) is 23.7 Å². The van der Waals surface area contributed by atoms with Crippen molar-refractivity contribution in [2.24, 2.45) is 0 Å². The van der Waals surface area contributed by atoms with Gasteiger partial charge >= 0.3 is 29.8 Å². The van der Waals surface area contributed by atoms with Gasteiger partial charge in [-0.1, -0.05) is 0 Å². The Balaban J connectivity index is 2.64. The summed E-state index contributed by atoms with van der Waals surface area (Å²) < 4.78 is 24.9. The van der Waals surface area contributed by atoms with E-state index in [0.717, 1.165) is 0 Å². The van der Waals surface area contributed by atoms with Gasteiger partial charge in [0.05, 0.1) is 41.3 Å². The molecule has 2 aromatic rings. The summed E-state index contributed by atoms with van der Waals surface area (Å²) in [7, 11) is 5.10. The van der Waals surface area contributed by atoms with Crippen molar-refractivity contribution in [3.63, 3.8) is 0 Å². The van der Waals surface area contributed by atoms with Crippen LogP contribution in [0.1, 0.15) is 77.7 Å². The van der Waals surface area contributed by atoms with E-state index in [1.54, 1.807) is 27.0 Å². The van der Waals surface area contributed by atoms with E-state index in [9.17, 15) is 24.0 Å². The van der Waals surface area contributed by atoms with Crippen molar-refractivity contribution in [2.45, 2.75) is 71.3 Å². The zero-order valence-electron chi connectivity index (χ0n) is 24.1. The Morgan fingerprint density at radius 3 is 1.75 bits per heavy atom. The van der Waals surface area contributed by atoms with E-state index >= 15 is 0 Å². The van der Waals surface area contributed by atoms with Crippen molar-refractivity contribution in [3.05, 3.63) is 45.5 Å². The number of hydrogen-bond donors (Lipinski definition) is 2. The minimum absolute atomic E-state index is 0.0171. The molecule has 0 radical (unpaired) electrons. The average molecular weight is 563 g/mol. The molecule has 0 aliphatic rings. The van der Waals surface area contributed by atoms with Gasteiger partial charge < -0.3 is 33.7 Å². The Morgan fingerprint density at radius 2 is 1.23 bits per heavy atom. The summed E-state index contributed by atoms with van der Waals surface area (Å²) in [5.41, 5.74) is 2.77. The minimum atomic E-state index is -0.798. The molecule has 2 aromatic heterocycles. The van der Waals surface area contributed by atoms with Crippen LogP contribution in [0.2, 0.25) is 0 Å². The Bertz CT molecular complexity index is 1230. The molecule has 2 rings (SSSR count). The van der Waals surface area contributed by atoms with Crippen LogP contribution in [-0.2, 0) is 75.0 Å². The number of aromatic nitrogens is 2. The first kappa shape index (κ1) is 32.1. The number of esters is 5. The predicted octanol–water partition coefficient (Wildman–Crippen LogP) is 2.53. The van der Waals surface area contributed by atoms with Crippen molar-refractivity contribution >= 4 is 29.8 Å². The van der Waals surface area contributed by atoms with Crippen molar-refractivity contribution in [1.29, 1.82) is 0 Å². The molecule has 40 heavy (non-hydrogen) atoms. The molecule has 2 N–H and O–H groups in total. The second kappa shape index (κ2) is 14.3. The van der Waals surface area contributed by atoms with E-state index in [2.05, 4.69) is 9.97 Å². The van der Waals surface area contributed by atoms with Crippen molar-refractivity contribution in [2.75, 3.05) is 28.4 Å². The van der Waals surface area contributed by atoms with Gasteiger partial charge in [0.15, 0.2) is 0 Å². The lowest BCUT2D eigenvalue weighted by molar-refractivity contribution is -0.141. The molecular formula is C28H38N2O10.